The Kier molecular flexibility index (Phi) is 3.22. The number of Topliss-reactive ketones (excluding diaryl/α,β-unsaturated/α-hetero) is 1. The lowest BCUT2D eigenvalue weighted by atomic mass is 10.1. The van der Waals surface area contributed by atoms with Crippen molar-refractivity contribution in [1.29, 1.82) is 0 Å². The van der Waals surface area contributed by atoms with E-state index in [1.54, 1.807) is 18.2 Å². The van der Waals surface area contributed by atoms with E-state index in [4.69, 9.17) is 27.9 Å². The van der Waals surface area contributed by atoms with Crippen LogP contribution in [0.4, 0.5) is 0 Å². The molecule has 0 atom stereocenters. The number of carbonyl (C=O) groups is 1. The van der Waals surface area contributed by atoms with Crippen LogP contribution in [0.15, 0.2) is 18.2 Å². The largest absolute Gasteiger partial charge is 0.495 e. The maximum atomic E-state index is 11.3. The maximum Gasteiger partial charge on any atom is 0.162 e. The molecule has 0 bridgehead atoms. The summed E-state index contributed by atoms with van der Waals surface area (Å²) in [6, 6.07) is 5.07. The predicted octanol–water partition coefficient (Wildman–Crippen LogP) is 3.75. The van der Waals surface area contributed by atoms with Gasteiger partial charge in [0.05, 0.1) is 23.2 Å². The normalized spacial score (nSPS) is 10.6. The van der Waals surface area contributed by atoms with Crippen LogP contribution in [0.5, 0.6) is 5.75 Å². The molecule has 17 heavy (non-hydrogen) atoms. The lowest BCUT2D eigenvalue weighted by molar-refractivity contribution is 0.101. The molecule has 0 amide bonds. The SMILES string of the molecule is COc1cc2cc(C(C)=O)c(Cl)nc2cc1Cl. The molecule has 1 aromatic heterocycles. The molecule has 0 aliphatic heterocycles. The minimum Gasteiger partial charge on any atom is -0.495 e. The van der Waals surface area contributed by atoms with Crippen molar-refractivity contribution in [3.8, 4) is 5.75 Å². The summed E-state index contributed by atoms with van der Waals surface area (Å²) in [4.78, 5) is 15.5. The Morgan fingerprint density at radius 3 is 2.59 bits per heavy atom. The molecule has 2 rings (SSSR count). The van der Waals surface area contributed by atoms with Gasteiger partial charge in [-0.2, -0.15) is 0 Å². The zero-order valence-corrected chi connectivity index (χ0v) is 10.8. The van der Waals surface area contributed by atoms with Crippen LogP contribution in [-0.4, -0.2) is 17.9 Å². The Balaban J connectivity index is 2.75. The Morgan fingerprint density at radius 1 is 1.29 bits per heavy atom. The van der Waals surface area contributed by atoms with Gasteiger partial charge in [0.1, 0.15) is 10.9 Å². The molecule has 0 radical (unpaired) electrons. The number of carbonyl (C=O) groups excluding carboxylic acids is 1. The highest BCUT2D eigenvalue weighted by molar-refractivity contribution is 6.34. The predicted molar refractivity (Wildman–Crippen MR) is 68.3 cm³/mol. The topological polar surface area (TPSA) is 39.2 Å². The van der Waals surface area contributed by atoms with Gasteiger partial charge >= 0.3 is 0 Å². The number of ether oxygens (including phenoxy) is 1. The average Bonchev–Trinajstić information content (AvgIpc) is 2.27. The van der Waals surface area contributed by atoms with Gasteiger partial charge in [-0.3, -0.25) is 4.79 Å². The van der Waals surface area contributed by atoms with Crippen LogP contribution in [0.1, 0.15) is 17.3 Å². The first-order valence-electron chi connectivity index (χ1n) is 4.87. The van der Waals surface area contributed by atoms with Crippen molar-refractivity contribution in [2.45, 2.75) is 6.92 Å². The third-order valence-electron chi connectivity index (χ3n) is 2.42. The molecule has 0 N–H and O–H groups in total. The number of ketones is 1. The summed E-state index contributed by atoms with van der Waals surface area (Å²) in [5.41, 5.74) is 1.02. The number of hydrogen-bond donors (Lipinski definition) is 0. The minimum absolute atomic E-state index is 0.127. The standard InChI is InChI=1S/C12H9Cl2NO2/c1-6(16)8-3-7-4-11(17-2)9(13)5-10(7)15-12(8)14/h3-5H,1-2H3. The molecule has 0 aliphatic carbocycles. The van der Waals surface area contributed by atoms with E-state index in [-0.39, 0.29) is 10.9 Å². The summed E-state index contributed by atoms with van der Waals surface area (Å²) >= 11 is 11.9. The second kappa shape index (κ2) is 4.51. The maximum absolute atomic E-state index is 11.3. The fraction of sp³-hybridized carbons (Fsp3) is 0.167. The molecule has 0 fully saturated rings. The fourth-order valence-electron chi connectivity index (χ4n) is 1.56. The molecule has 0 saturated heterocycles. The molecule has 1 aromatic carbocycles. The molecule has 2 aromatic rings. The Morgan fingerprint density at radius 2 is 2.00 bits per heavy atom. The Bertz CT molecular complexity index is 611. The van der Waals surface area contributed by atoms with E-state index in [0.29, 0.717) is 21.9 Å². The van der Waals surface area contributed by atoms with Gasteiger partial charge < -0.3 is 4.74 Å². The highest BCUT2D eigenvalue weighted by atomic mass is 35.5. The number of aromatic nitrogens is 1. The lowest BCUT2D eigenvalue weighted by Crippen LogP contribution is -1.96. The summed E-state index contributed by atoms with van der Waals surface area (Å²) in [5.74, 6) is 0.413. The quantitative estimate of drug-likeness (QED) is 0.616. The van der Waals surface area contributed by atoms with Crippen LogP contribution in [0, 0.1) is 0 Å². The third-order valence-corrected chi connectivity index (χ3v) is 3.00. The average molecular weight is 270 g/mol. The van der Waals surface area contributed by atoms with E-state index < -0.39 is 0 Å². The molecule has 0 aliphatic rings. The Labute approximate surface area is 108 Å². The van der Waals surface area contributed by atoms with Gasteiger partial charge in [-0.25, -0.2) is 4.98 Å². The van der Waals surface area contributed by atoms with Gasteiger partial charge in [-0.1, -0.05) is 23.2 Å². The van der Waals surface area contributed by atoms with Crippen molar-refractivity contribution < 1.29 is 9.53 Å². The van der Waals surface area contributed by atoms with Crippen LogP contribution >= 0.6 is 23.2 Å². The van der Waals surface area contributed by atoms with Crippen LogP contribution in [0.2, 0.25) is 10.2 Å². The van der Waals surface area contributed by atoms with E-state index in [2.05, 4.69) is 4.98 Å². The first-order valence-corrected chi connectivity index (χ1v) is 5.63. The summed E-state index contributed by atoms with van der Waals surface area (Å²) in [5, 5.41) is 1.41. The van der Waals surface area contributed by atoms with E-state index in [1.807, 2.05) is 0 Å². The van der Waals surface area contributed by atoms with Crippen molar-refractivity contribution in [3.63, 3.8) is 0 Å². The van der Waals surface area contributed by atoms with Gasteiger partial charge in [0.25, 0.3) is 0 Å². The van der Waals surface area contributed by atoms with Crippen molar-refractivity contribution in [3.05, 3.63) is 33.9 Å². The monoisotopic (exact) mass is 269 g/mol. The first-order chi connectivity index (χ1) is 8.02. The fourth-order valence-corrected chi connectivity index (χ4v) is 2.07. The summed E-state index contributed by atoms with van der Waals surface area (Å²) in [6.45, 7) is 1.45. The number of halogens is 2. The number of fused-ring (bicyclic) bond motifs is 1. The number of pyridine rings is 1. The zero-order chi connectivity index (χ0) is 12.6. The van der Waals surface area contributed by atoms with Crippen molar-refractivity contribution in [1.82, 2.24) is 4.98 Å². The minimum atomic E-state index is -0.127. The second-order valence-corrected chi connectivity index (χ2v) is 4.33. The van der Waals surface area contributed by atoms with Crippen LogP contribution in [0.25, 0.3) is 10.9 Å². The third kappa shape index (κ3) is 2.21. The molecule has 5 heteroatoms. The van der Waals surface area contributed by atoms with Crippen LogP contribution in [0.3, 0.4) is 0 Å². The molecule has 88 valence electrons. The number of benzene rings is 1. The van der Waals surface area contributed by atoms with E-state index in [0.717, 1.165) is 5.39 Å². The molecule has 0 saturated carbocycles. The number of nitrogens with zero attached hydrogens (tertiary/aromatic N) is 1. The number of methoxy groups -OCH3 is 1. The van der Waals surface area contributed by atoms with Gasteiger partial charge in [0, 0.05) is 5.39 Å². The lowest BCUT2D eigenvalue weighted by Gasteiger charge is -2.07. The summed E-state index contributed by atoms with van der Waals surface area (Å²) in [6.07, 6.45) is 0. The smallest absolute Gasteiger partial charge is 0.162 e. The van der Waals surface area contributed by atoms with Gasteiger partial charge in [0.15, 0.2) is 5.78 Å². The van der Waals surface area contributed by atoms with Gasteiger partial charge in [0.2, 0.25) is 0 Å². The highest BCUT2D eigenvalue weighted by Gasteiger charge is 2.11. The molecule has 0 unspecified atom stereocenters. The summed E-state index contributed by atoms with van der Waals surface area (Å²) < 4.78 is 5.11. The van der Waals surface area contributed by atoms with Gasteiger partial charge in [-0.05, 0) is 25.1 Å². The van der Waals surface area contributed by atoms with E-state index >= 15 is 0 Å². The van der Waals surface area contributed by atoms with E-state index in [9.17, 15) is 4.79 Å². The van der Waals surface area contributed by atoms with Crippen molar-refractivity contribution in [2.24, 2.45) is 0 Å². The molecule has 3 nitrogen and oxygen atoms in total. The molecular weight excluding hydrogens is 261 g/mol. The van der Waals surface area contributed by atoms with E-state index in [1.165, 1.54) is 14.0 Å². The van der Waals surface area contributed by atoms with Crippen molar-refractivity contribution >= 4 is 39.9 Å². The number of hydrogen-bond acceptors (Lipinski definition) is 3. The zero-order valence-electron chi connectivity index (χ0n) is 9.25. The number of rotatable bonds is 2. The first kappa shape index (κ1) is 12.1. The van der Waals surface area contributed by atoms with Crippen molar-refractivity contribution in [2.75, 3.05) is 7.11 Å². The molecular formula is C12H9Cl2NO2. The van der Waals surface area contributed by atoms with Crippen LogP contribution in [-0.2, 0) is 0 Å². The molecule has 0 spiro atoms. The summed E-state index contributed by atoms with van der Waals surface area (Å²) in [7, 11) is 1.53. The molecule has 1 heterocycles. The second-order valence-electron chi connectivity index (χ2n) is 3.56. The highest BCUT2D eigenvalue weighted by Crippen LogP contribution is 2.31. The van der Waals surface area contributed by atoms with Gasteiger partial charge in [-0.15, -0.1) is 0 Å². The van der Waals surface area contributed by atoms with Crippen LogP contribution < -0.4 is 4.74 Å². The Hall–Kier alpha value is -1.32.